The van der Waals surface area contributed by atoms with Crippen molar-refractivity contribution in [3.8, 4) is 0 Å². The van der Waals surface area contributed by atoms with E-state index >= 15 is 0 Å². The van der Waals surface area contributed by atoms with E-state index in [1.165, 1.54) is 102 Å². The highest BCUT2D eigenvalue weighted by Crippen LogP contribution is 2.56. The van der Waals surface area contributed by atoms with Gasteiger partial charge in [-0.15, -0.1) is 0 Å². The number of ether oxygens (including phenoxy) is 1. The Morgan fingerprint density at radius 2 is 1.25 bits per heavy atom. The lowest BCUT2D eigenvalue weighted by atomic mass is 10.0. The molecule has 1 fully saturated rings. The van der Waals surface area contributed by atoms with E-state index < -0.39 is 24.4 Å². The Labute approximate surface area is 244 Å². The third kappa shape index (κ3) is 16.1. The van der Waals surface area contributed by atoms with E-state index in [1.807, 2.05) is 6.92 Å². The molecule has 0 aliphatic carbocycles. The normalized spacial score (nSPS) is 16.0. The first-order chi connectivity index (χ1) is 19.3. The molecule has 232 valence electrons. The maximum atomic E-state index is 12.8. The third-order valence-corrected chi connectivity index (χ3v) is 9.86. The number of unbranched alkanes of at least 4 members (excludes halogenated alkanes) is 15. The second kappa shape index (κ2) is 21.1. The Kier molecular flexibility index (Phi) is 18.8. The van der Waals surface area contributed by atoms with Crippen LogP contribution in [-0.4, -0.2) is 47.6 Å². The van der Waals surface area contributed by atoms with Crippen LogP contribution in [0.15, 0.2) is 29.2 Å². The molecule has 1 heterocycles. The van der Waals surface area contributed by atoms with Crippen molar-refractivity contribution in [1.29, 1.82) is 0 Å². The molecule has 1 aromatic rings. The van der Waals surface area contributed by atoms with Crippen LogP contribution >= 0.6 is 8.17 Å². The van der Waals surface area contributed by atoms with Crippen molar-refractivity contribution in [3.05, 3.63) is 29.8 Å². The molecule has 0 N–H and O–H groups in total. The number of rotatable bonds is 25. The van der Waals surface area contributed by atoms with Crippen LogP contribution in [0, 0.1) is 6.92 Å². The molecule has 0 radical (unpaired) electrons. The zero-order chi connectivity index (χ0) is 28.9. The van der Waals surface area contributed by atoms with Crippen LogP contribution in [0.4, 0.5) is 0 Å². The van der Waals surface area contributed by atoms with Gasteiger partial charge < -0.3 is 9.63 Å². The summed E-state index contributed by atoms with van der Waals surface area (Å²) in [5.41, 5.74) is 0.939. The molecule has 40 heavy (non-hydrogen) atoms. The van der Waals surface area contributed by atoms with Gasteiger partial charge in [0.1, 0.15) is 25.9 Å². The summed E-state index contributed by atoms with van der Waals surface area (Å²) in [6.07, 6.45) is 19.8. The summed E-state index contributed by atoms with van der Waals surface area (Å²) in [5.74, 6) is 0. The van der Waals surface area contributed by atoms with Crippen LogP contribution in [0.25, 0.3) is 0 Å². The number of aryl methyl sites for hydroxylation is 1. The predicted octanol–water partition coefficient (Wildman–Crippen LogP) is 7.45. The number of phosphoric ester groups is 1. The molecule has 0 spiro atoms. The maximum Gasteiger partial charge on any atom is 0.379 e. The van der Waals surface area contributed by atoms with Gasteiger partial charge in [-0.2, -0.15) is 22.0 Å². The Bertz CT molecular complexity index is 859. The molecule has 1 aliphatic rings. The second-order valence-corrected chi connectivity index (χ2v) is 14.0. The van der Waals surface area contributed by atoms with Crippen molar-refractivity contribution < 1.29 is 35.8 Å². The van der Waals surface area contributed by atoms with Gasteiger partial charge in [-0.05, 0) is 25.5 Å². The molecule has 1 aromatic carbocycles. The van der Waals surface area contributed by atoms with Crippen LogP contribution in [0.5, 0.6) is 0 Å². The molecular formula is C30H53O8PS. The number of phosphoric acid groups is 1. The lowest BCUT2D eigenvalue weighted by Gasteiger charge is -2.22. The van der Waals surface area contributed by atoms with Gasteiger partial charge in [-0.3, -0.25) is 4.18 Å². The van der Waals surface area contributed by atoms with Crippen molar-refractivity contribution in [2.24, 2.45) is 0 Å². The van der Waals surface area contributed by atoms with Crippen LogP contribution in [-0.2, 0) is 32.6 Å². The fourth-order valence-electron chi connectivity index (χ4n) is 4.59. The lowest BCUT2D eigenvalue weighted by molar-refractivity contribution is -0.238. The molecule has 0 bridgehead atoms. The largest absolute Gasteiger partial charge is 0.606 e. The van der Waals surface area contributed by atoms with Crippen LogP contribution in [0.3, 0.4) is 0 Å². The summed E-state index contributed by atoms with van der Waals surface area (Å²) in [6.45, 7) is 4.67. The van der Waals surface area contributed by atoms with Gasteiger partial charge >= 0.3 is 8.17 Å². The molecule has 1 atom stereocenters. The molecular weight excluding hydrogens is 551 g/mol. The molecule has 2 rings (SSSR count). The third-order valence-electron chi connectivity index (χ3n) is 7.02. The van der Waals surface area contributed by atoms with E-state index in [2.05, 4.69) is 6.92 Å². The standard InChI is InChI=1S/C30H53O8PS/c1-3-4-5-6-7-8-9-10-11-12-13-14-15-16-17-18-23-34-26-29(27-37-39(31)35-24-25-36-39)38-40(32,33)30-21-19-28(2)20-22-30/h19-22,29H,3-18,23-27H2,1-2H3/t29-/m1/s1. The van der Waals surface area contributed by atoms with Gasteiger partial charge in [-0.25, -0.2) is 0 Å². The predicted molar refractivity (Wildman–Crippen MR) is 158 cm³/mol. The summed E-state index contributed by atoms with van der Waals surface area (Å²) in [6, 6.07) is 6.39. The quantitative estimate of drug-likeness (QED) is 0.0644. The molecule has 0 saturated carbocycles. The molecule has 1 aliphatic heterocycles. The van der Waals surface area contributed by atoms with Gasteiger partial charge in [-0.1, -0.05) is 121 Å². The van der Waals surface area contributed by atoms with E-state index in [0.29, 0.717) is 6.61 Å². The highest BCUT2D eigenvalue weighted by molar-refractivity contribution is 7.86. The van der Waals surface area contributed by atoms with E-state index in [0.717, 1.165) is 18.4 Å². The van der Waals surface area contributed by atoms with Crippen molar-refractivity contribution in [2.45, 2.75) is 128 Å². The average Bonchev–Trinajstić information content (AvgIpc) is 3.37. The first-order valence-electron chi connectivity index (χ1n) is 15.5. The lowest BCUT2D eigenvalue weighted by Crippen LogP contribution is -2.30. The molecule has 1 saturated heterocycles. The minimum Gasteiger partial charge on any atom is -0.606 e. The van der Waals surface area contributed by atoms with Gasteiger partial charge in [0.25, 0.3) is 10.1 Å². The number of hydrogen-bond acceptors (Lipinski definition) is 8. The monoisotopic (exact) mass is 604 g/mol. The van der Waals surface area contributed by atoms with Crippen molar-refractivity contribution in [1.82, 2.24) is 0 Å². The topological polar surface area (TPSA) is 103 Å². The fourth-order valence-corrected chi connectivity index (χ4v) is 6.81. The second-order valence-electron chi connectivity index (χ2n) is 10.8. The molecule has 0 unspecified atom stereocenters. The molecule has 0 amide bonds. The van der Waals surface area contributed by atoms with Crippen LogP contribution in [0.1, 0.15) is 115 Å². The molecule has 10 heteroatoms. The molecule has 8 nitrogen and oxygen atoms in total. The highest BCUT2D eigenvalue weighted by atomic mass is 32.2. The van der Waals surface area contributed by atoms with Crippen LogP contribution in [0.2, 0.25) is 0 Å². The summed E-state index contributed by atoms with van der Waals surface area (Å²) in [4.78, 5) is 12.4. The van der Waals surface area contributed by atoms with Crippen molar-refractivity contribution in [3.63, 3.8) is 0 Å². The van der Waals surface area contributed by atoms with Gasteiger partial charge in [0.05, 0.1) is 11.5 Å². The SMILES string of the molecule is CCCCCCCCCCCCCCCCCCOC[C@H](CO[P+]1([O-])OCCO1)OS(=O)(=O)c1ccc(C)cc1. The number of hydrogen-bond donors (Lipinski definition) is 0. The Hall–Kier alpha value is -0.640. The maximum absolute atomic E-state index is 12.8. The van der Waals surface area contributed by atoms with E-state index in [9.17, 15) is 13.3 Å². The first kappa shape index (κ1) is 35.6. The summed E-state index contributed by atoms with van der Waals surface area (Å²) >= 11 is 0. The Morgan fingerprint density at radius 1 is 0.775 bits per heavy atom. The Morgan fingerprint density at radius 3 is 1.75 bits per heavy atom. The smallest absolute Gasteiger partial charge is 0.379 e. The van der Waals surface area contributed by atoms with Gasteiger partial charge in [0.15, 0.2) is 0 Å². The zero-order valence-electron chi connectivity index (χ0n) is 24.9. The Balaban J connectivity index is 1.55. The van der Waals surface area contributed by atoms with Crippen LogP contribution < -0.4 is 4.89 Å². The van der Waals surface area contributed by atoms with Crippen molar-refractivity contribution in [2.75, 3.05) is 33.0 Å². The van der Waals surface area contributed by atoms with E-state index in [-0.39, 0.29) is 31.3 Å². The first-order valence-corrected chi connectivity index (χ1v) is 18.3. The number of benzene rings is 1. The average molecular weight is 605 g/mol. The van der Waals surface area contributed by atoms with Gasteiger partial charge in [0, 0.05) is 6.61 Å². The molecule has 0 aromatic heterocycles. The summed E-state index contributed by atoms with van der Waals surface area (Å²) in [5, 5.41) is 0. The fraction of sp³-hybridized carbons (Fsp3) is 0.800. The summed E-state index contributed by atoms with van der Waals surface area (Å²) < 4.78 is 52.0. The minimum atomic E-state index is -4.05. The van der Waals surface area contributed by atoms with E-state index in [1.54, 1.807) is 12.1 Å². The zero-order valence-corrected chi connectivity index (χ0v) is 26.6. The van der Waals surface area contributed by atoms with Gasteiger partial charge in [0.2, 0.25) is 0 Å². The van der Waals surface area contributed by atoms with Crippen molar-refractivity contribution >= 4 is 18.3 Å². The summed E-state index contributed by atoms with van der Waals surface area (Å²) in [7, 11) is -7.72. The minimum absolute atomic E-state index is 0.0101. The highest BCUT2D eigenvalue weighted by Gasteiger charge is 2.40. The van der Waals surface area contributed by atoms with E-state index in [4.69, 9.17) is 22.5 Å².